The highest BCUT2D eigenvalue weighted by molar-refractivity contribution is 5.71. The highest BCUT2D eigenvalue weighted by Crippen LogP contribution is 2.17. The number of hydrogen-bond acceptors (Lipinski definition) is 6. The maximum absolute atomic E-state index is 12.8. The molecular weight excluding hydrogens is 949 g/mol. The van der Waals surface area contributed by atoms with Gasteiger partial charge in [-0.15, -0.1) is 0 Å². The second-order valence-corrected chi connectivity index (χ2v) is 21.6. The fourth-order valence-electron chi connectivity index (χ4n) is 9.18. The third kappa shape index (κ3) is 63.0. The minimum absolute atomic E-state index is 0.0772. The summed E-state index contributed by atoms with van der Waals surface area (Å²) in [6.07, 6.45) is 87.5. The summed E-state index contributed by atoms with van der Waals surface area (Å²) in [5, 5.41) is 0. The second kappa shape index (κ2) is 64.9. The first-order chi connectivity index (χ1) is 38.0. The van der Waals surface area contributed by atoms with Crippen molar-refractivity contribution in [1.29, 1.82) is 0 Å². The molecule has 6 nitrogen and oxygen atoms in total. The lowest BCUT2D eigenvalue weighted by molar-refractivity contribution is -0.167. The van der Waals surface area contributed by atoms with Crippen molar-refractivity contribution in [3.63, 3.8) is 0 Å². The molecule has 6 heteroatoms. The first-order valence-corrected chi connectivity index (χ1v) is 32.7. The van der Waals surface area contributed by atoms with Gasteiger partial charge in [0, 0.05) is 19.3 Å². The number of unbranched alkanes of at least 4 members (excludes halogenated alkanes) is 32. The summed E-state index contributed by atoms with van der Waals surface area (Å²) in [4.78, 5) is 38.0. The molecule has 77 heavy (non-hydrogen) atoms. The van der Waals surface area contributed by atoms with Crippen LogP contribution in [-0.2, 0) is 28.6 Å². The maximum atomic E-state index is 12.8. The van der Waals surface area contributed by atoms with Gasteiger partial charge in [-0.1, -0.05) is 291 Å². The Morgan fingerprint density at radius 3 is 0.805 bits per heavy atom. The summed E-state index contributed by atoms with van der Waals surface area (Å²) < 4.78 is 16.8. The maximum Gasteiger partial charge on any atom is 0.306 e. The van der Waals surface area contributed by atoms with Crippen molar-refractivity contribution in [2.75, 3.05) is 13.2 Å². The zero-order valence-corrected chi connectivity index (χ0v) is 50.7. The van der Waals surface area contributed by atoms with Crippen molar-refractivity contribution in [2.45, 2.75) is 322 Å². The third-order valence-corrected chi connectivity index (χ3v) is 14.1. The zero-order valence-electron chi connectivity index (χ0n) is 50.7. The summed E-state index contributed by atoms with van der Waals surface area (Å²) in [7, 11) is 0. The van der Waals surface area contributed by atoms with Gasteiger partial charge < -0.3 is 14.2 Å². The van der Waals surface area contributed by atoms with E-state index in [1.54, 1.807) is 0 Å². The molecule has 0 aliphatic heterocycles. The number of ether oxygens (including phenoxy) is 3. The van der Waals surface area contributed by atoms with Crippen LogP contribution in [-0.4, -0.2) is 37.2 Å². The molecule has 0 saturated carbocycles. The van der Waals surface area contributed by atoms with Gasteiger partial charge in [0.15, 0.2) is 6.10 Å². The number of esters is 3. The lowest BCUT2D eigenvalue weighted by atomic mass is 10.0. The van der Waals surface area contributed by atoms with Crippen LogP contribution in [0.3, 0.4) is 0 Å². The number of allylic oxidation sites excluding steroid dienone is 16. The molecule has 0 aromatic carbocycles. The van der Waals surface area contributed by atoms with E-state index in [2.05, 4.69) is 118 Å². The quantitative estimate of drug-likeness (QED) is 0.0261. The van der Waals surface area contributed by atoms with Crippen LogP contribution >= 0.6 is 0 Å². The van der Waals surface area contributed by atoms with Crippen LogP contribution in [0.25, 0.3) is 0 Å². The van der Waals surface area contributed by atoms with E-state index >= 15 is 0 Å². The molecule has 0 spiro atoms. The SMILES string of the molecule is CC/C=C\C/C=C\C/C=C\C/C=C\C/C=C\C/C=C\CCCCCCCCCCCCCCCCCCC(=O)OCC(COC(=O)CCCCCCCC)OC(=O)CCCCCCCCC/C=C\C/C=C\CCCCCC. The van der Waals surface area contributed by atoms with Gasteiger partial charge >= 0.3 is 17.9 Å². The summed E-state index contributed by atoms with van der Waals surface area (Å²) in [6.45, 7) is 6.47. The summed E-state index contributed by atoms with van der Waals surface area (Å²) in [5.41, 5.74) is 0. The van der Waals surface area contributed by atoms with E-state index in [1.165, 1.54) is 167 Å². The van der Waals surface area contributed by atoms with Crippen LogP contribution in [0.15, 0.2) is 97.2 Å². The van der Waals surface area contributed by atoms with Crippen LogP contribution in [0.2, 0.25) is 0 Å². The van der Waals surface area contributed by atoms with Gasteiger partial charge in [-0.05, 0) is 103 Å². The molecule has 0 aliphatic rings. The fraction of sp³-hybridized carbons (Fsp3) is 0.732. The van der Waals surface area contributed by atoms with Gasteiger partial charge in [0.05, 0.1) is 0 Å². The summed E-state index contributed by atoms with van der Waals surface area (Å²) in [6, 6.07) is 0. The molecule has 0 aliphatic carbocycles. The van der Waals surface area contributed by atoms with Crippen LogP contribution < -0.4 is 0 Å². The Labute approximate surface area is 477 Å². The lowest BCUT2D eigenvalue weighted by Gasteiger charge is -2.18. The molecule has 0 saturated heterocycles. The van der Waals surface area contributed by atoms with Crippen molar-refractivity contribution >= 4 is 17.9 Å². The average molecular weight is 1070 g/mol. The van der Waals surface area contributed by atoms with Crippen LogP contribution in [0.4, 0.5) is 0 Å². The standard InChI is InChI=1S/C71H122O6/c1-4-7-10-13-16-18-20-22-24-26-28-29-30-31-32-33-34-35-36-37-38-39-40-41-42-43-44-46-47-49-51-53-55-58-61-64-70(73)76-67-68(66-75-69(72)63-60-57-15-12-9-6-3)77-71(74)65-62-59-56-54-52-50-48-45-27-25-23-21-19-17-14-11-8-5-2/h7,10,16,18-19,21-22,24-25,27-29,31-32,34-35,68H,4-6,8-9,11-15,17,20,23,26,30,33,36-67H2,1-3H3/b10-7-,18-16-,21-19-,24-22-,27-25-,29-28-,32-31-,35-34-. The minimum atomic E-state index is -0.777. The van der Waals surface area contributed by atoms with E-state index < -0.39 is 6.10 Å². The van der Waals surface area contributed by atoms with Crippen molar-refractivity contribution < 1.29 is 28.6 Å². The van der Waals surface area contributed by atoms with Gasteiger partial charge in [-0.3, -0.25) is 14.4 Å². The first kappa shape index (κ1) is 73.3. The van der Waals surface area contributed by atoms with Gasteiger partial charge in [0.1, 0.15) is 13.2 Å². The van der Waals surface area contributed by atoms with Crippen molar-refractivity contribution in [3.05, 3.63) is 97.2 Å². The van der Waals surface area contributed by atoms with E-state index in [1.807, 2.05) is 0 Å². The van der Waals surface area contributed by atoms with E-state index in [0.29, 0.717) is 19.3 Å². The largest absolute Gasteiger partial charge is 0.462 e. The topological polar surface area (TPSA) is 78.9 Å². The zero-order chi connectivity index (χ0) is 55.7. The Morgan fingerprint density at radius 1 is 0.273 bits per heavy atom. The molecule has 0 bridgehead atoms. The molecule has 0 amide bonds. The molecule has 1 unspecified atom stereocenters. The molecule has 0 fully saturated rings. The normalized spacial score (nSPS) is 12.7. The Kier molecular flexibility index (Phi) is 61.8. The minimum Gasteiger partial charge on any atom is -0.462 e. The molecule has 0 rings (SSSR count). The Balaban J connectivity index is 4.00. The van der Waals surface area contributed by atoms with Crippen LogP contribution in [0.1, 0.15) is 316 Å². The molecule has 0 radical (unpaired) electrons. The van der Waals surface area contributed by atoms with E-state index in [0.717, 1.165) is 109 Å². The highest BCUT2D eigenvalue weighted by Gasteiger charge is 2.19. The number of hydrogen-bond donors (Lipinski definition) is 0. The van der Waals surface area contributed by atoms with E-state index in [4.69, 9.17) is 14.2 Å². The lowest BCUT2D eigenvalue weighted by Crippen LogP contribution is -2.30. The molecule has 442 valence electrons. The number of carbonyl (C=O) groups is 3. The Bertz CT molecular complexity index is 1510. The molecule has 0 aromatic heterocycles. The predicted octanol–water partition coefficient (Wildman–Crippen LogP) is 22.4. The van der Waals surface area contributed by atoms with Gasteiger partial charge in [0.2, 0.25) is 0 Å². The van der Waals surface area contributed by atoms with Crippen LogP contribution in [0.5, 0.6) is 0 Å². The molecule has 0 aromatic rings. The number of rotatable bonds is 59. The molecular formula is C71H122O6. The summed E-state index contributed by atoms with van der Waals surface area (Å²) in [5.74, 6) is -0.885. The van der Waals surface area contributed by atoms with E-state index in [-0.39, 0.29) is 31.1 Å². The van der Waals surface area contributed by atoms with Gasteiger partial charge in [0.25, 0.3) is 0 Å². The smallest absolute Gasteiger partial charge is 0.306 e. The average Bonchev–Trinajstić information content (AvgIpc) is 3.43. The number of carbonyl (C=O) groups excluding carboxylic acids is 3. The molecule has 0 N–H and O–H groups in total. The van der Waals surface area contributed by atoms with Gasteiger partial charge in [-0.2, -0.15) is 0 Å². The Hall–Kier alpha value is -3.67. The Morgan fingerprint density at radius 2 is 0.506 bits per heavy atom. The van der Waals surface area contributed by atoms with Crippen molar-refractivity contribution in [3.8, 4) is 0 Å². The molecule has 1 atom stereocenters. The monoisotopic (exact) mass is 1070 g/mol. The predicted molar refractivity (Wildman–Crippen MR) is 334 cm³/mol. The van der Waals surface area contributed by atoms with E-state index in [9.17, 15) is 14.4 Å². The highest BCUT2D eigenvalue weighted by atomic mass is 16.6. The van der Waals surface area contributed by atoms with Crippen molar-refractivity contribution in [1.82, 2.24) is 0 Å². The second-order valence-electron chi connectivity index (χ2n) is 21.6. The third-order valence-electron chi connectivity index (χ3n) is 14.1. The summed E-state index contributed by atoms with van der Waals surface area (Å²) >= 11 is 0. The van der Waals surface area contributed by atoms with Crippen LogP contribution in [0, 0.1) is 0 Å². The van der Waals surface area contributed by atoms with Crippen molar-refractivity contribution in [2.24, 2.45) is 0 Å². The molecule has 0 heterocycles. The first-order valence-electron chi connectivity index (χ1n) is 32.7. The fourth-order valence-corrected chi connectivity index (χ4v) is 9.18. The van der Waals surface area contributed by atoms with Gasteiger partial charge in [-0.25, -0.2) is 0 Å².